The van der Waals surface area contributed by atoms with E-state index >= 15 is 0 Å². The lowest BCUT2D eigenvalue weighted by Gasteiger charge is -2.25. The molecule has 0 unspecified atom stereocenters. The molecule has 0 radical (unpaired) electrons. The van der Waals surface area contributed by atoms with Gasteiger partial charge in [0.15, 0.2) is 5.76 Å². The van der Waals surface area contributed by atoms with Crippen LogP contribution in [0.1, 0.15) is 50.7 Å². The Kier molecular flexibility index (Phi) is 8.50. The summed E-state index contributed by atoms with van der Waals surface area (Å²) in [7, 11) is 1.55. The molecule has 1 N–H and O–H groups in total. The molecule has 2 amide bonds. The predicted molar refractivity (Wildman–Crippen MR) is 141 cm³/mol. The van der Waals surface area contributed by atoms with Gasteiger partial charge in [0.2, 0.25) is 5.88 Å². The minimum Gasteiger partial charge on any atom is -0.492 e. The topological polar surface area (TPSA) is 116 Å². The molecule has 0 aliphatic carbocycles. The number of aromatic nitrogens is 2. The van der Waals surface area contributed by atoms with Crippen LogP contribution in [-0.4, -0.2) is 65.8 Å². The van der Waals surface area contributed by atoms with Crippen molar-refractivity contribution < 1.29 is 28.2 Å². The van der Waals surface area contributed by atoms with Gasteiger partial charge in [0.1, 0.15) is 23.7 Å². The van der Waals surface area contributed by atoms with Crippen LogP contribution in [0, 0.1) is 0 Å². The Labute approximate surface area is 222 Å². The van der Waals surface area contributed by atoms with Crippen LogP contribution in [0.25, 0.3) is 22.6 Å². The van der Waals surface area contributed by atoms with Gasteiger partial charge < -0.3 is 28.8 Å². The Morgan fingerprint density at radius 3 is 2.37 bits per heavy atom. The van der Waals surface area contributed by atoms with E-state index in [1.54, 1.807) is 36.4 Å². The Morgan fingerprint density at radius 2 is 1.74 bits per heavy atom. The van der Waals surface area contributed by atoms with Crippen LogP contribution >= 0.6 is 0 Å². The highest BCUT2D eigenvalue weighted by Gasteiger charge is 2.26. The number of nitrogens with zero attached hydrogens (tertiary/aromatic N) is 3. The van der Waals surface area contributed by atoms with Crippen LogP contribution in [0.4, 0.5) is 4.79 Å². The summed E-state index contributed by atoms with van der Waals surface area (Å²) in [5.74, 6) is 1.41. The maximum absolute atomic E-state index is 13.1. The number of pyridine rings is 1. The second kappa shape index (κ2) is 12.0. The third-order valence-corrected chi connectivity index (χ3v) is 5.83. The summed E-state index contributed by atoms with van der Waals surface area (Å²) in [6.07, 6.45) is 4.23. The number of methoxy groups -OCH3 is 1. The maximum Gasteiger partial charge on any atom is 0.407 e. The number of benzene rings is 1. The van der Waals surface area contributed by atoms with Crippen LogP contribution in [0.2, 0.25) is 0 Å². The highest BCUT2D eigenvalue weighted by Crippen LogP contribution is 2.34. The van der Waals surface area contributed by atoms with Gasteiger partial charge in [-0.05, 0) is 70.4 Å². The van der Waals surface area contributed by atoms with E-state index in [4.69, 9.17) is 18.6 Å². The predicted octanol–water partition coefficient (Wildman–Crippen LogP) is 4.94. The Balaban J connectivity index is 1.49. The van der Waals surface area contributed by atoms with Crippen molar-refractivity contribution in [1.29, 1.82) is 0 Å². The Hall–Kier alpha value is -4.08. The molecule has 0 spiro atoms. The van der Waals surface area contributed by atoms with Gasteiger partial charge in [-0.15, -0.1) is 0 Å². The van der Waals surface area contributed by atoms with Crippen molar-refractivity contribution in [2.75, 3.05) is 33.4 Å². The number of oxazole rings is 1. The number of carbonyl (C=O) groups excluding carboxylic acids is 2. The second-order valence-electron chi connectivity index (χ2n) is 9.94. The number of alkyl carbamates (subject to hydrolysis) is 1. The van der Waals surface area contributed by atoms with E-state index in [2.05, 4.69) is 15.3 Å². The zero-order valence-electron chi connectivity index (χ0n) is 22.3. The number of hydrogen-bond acceptors (Lipinski definition) is 8. The van der Waals surface area contributed by atoms with Crippen molar-refractivity contribution >= 4 is 12.0 Å². The summed E-state index contributed by atoms with van der Waals surface area (Å²) >= 11 is 0. The fraction of sp³-hybridized carbons (Fsp3) is 0.429. The maximum atomic E-state index is 13.1. The first-order chi connectivity index (χ1) is 18.2. The molecule has 3 aromatic rings. The molecular formula is C28H34N4O6. The van der Waals surface area contributed by atoms with Crippen molar-refractivity contribution in [3.05, 3.63) is 48.5 Å². The molecule has 3 heterocycles. The van der Waals surface area contributed by atoms with Gasteiger partial charge in [-0.25, -0.2) is 14.8 Å². The van der Waals surface area contributed by atoms with Crippen LogP contribution < -0.4 is 14.8 Å². The molecule has 1 aliphatic heterocycles. The summed E-state index contributed by atoms with van der Waals surface area (Å²) < 4.78 is 22.2. The van der Waals surface area contributed by atoms with E-state index in [0.717, 1.165) is 24.8 Å². The third-order valence-electron chi connectivity index (χ3n) is 5.83. The largest absolute Gasteiger partial charge is 0.492 e. The fourth-order valence-electron chi connectivity index (χ4n) is 4.01. The van der Waals surface area contributed by atoms with E-state index in [0.29, 0.717) is 48.3 Å². The lowest BCUT2D eigenvalue weighted by atomic mass is 10.1. The minimum atomic E-state index is -0.555. The Morgan fingerprint density at radius 1 is 1.03 bits per heavy atom. The van der Waals surface area contributed by atoms with Crippen LogP contribution in [0.3, 0.4) is 0 Å². The molecule has 0 saturated carbocycles. The molecule has 1 saturated heterocycles. The molecule has 0 atom stereocenters. The molecule has 10 nitrogen and oxygen atoms in total. The SMILES string of the molecule is COc1ccc(-c2nc(C(=O)N3CCCCC3)oc2-c2ccc(OCCNC(=O)OC(C)(C)C)cc2)cn1. The monoisotopic (exact) mass is 522 g/mol. The summed E-state index contributed by atoms with van der Waals surface area (Å²) in [4.78, 5) is 35.6. The number of rotatable bonds is 8. The first-order valence-electron chi connectivity index (χ1n) is 12.7. The van der Waals surface area contributed by atoms with Gasteiger partial charge in [-0.2, -0.15) is 0 Å². The van der Waals surface area contributed by atoms with Crippen LogP contribution in [-0.2, 0) is 4.74 Å². The average Bonchev–Trinajstić information content (AvgIpc) is 3.36. The third kappa shape index (κ3) is 7.02. The van der Waals surface area contributed by atoms with Crippen molar-refractivity contribution in [3.63, 3.8) is 0 Å². The second-order valence-corrected chi connectivity index (χ2v) is 9.94. The zero-order valence-corrected chi connectivity index (χ0v) is 22.3. The number of likely N-dealkylation sites (tertiary alicyclic amines) is 1. The zero-order chi connectivity index (χ0) is 27.1. The molecule has 202 valence electrons. The van der Waals surface area contributed by atoms with E-state index in [1.807, 2.05) is 39.0 Å². The van der Waals surface area contributed by atoms with Crippen LogP contribution in [0.15, 0.2) is 47.0 Å². The number of hydrogen-bond donors (Lipinski definition) is 1. The van der Waals surface area contributed by atoms with Crippen LogP contribution in [0.5, 0.6) is 11.6 Å². The molecule has 1 aliphatic rings. The molecule has 0 bridgehead atoms. The van der Waals surface area contributed by atoms with Gasteiger partial charge in [-0.3, -0.25) is 4.79 Å². The lowest BCUT2D eigenvalue weighted by molar-refractivity contribution is 0.0520. The number of piperidine rings is 1. The fourth-order valence-corrected chi connectivity index (χ4v) is 4.01. The van der Waals surface area contributed by atoms with E-state index < -0.39 is 11.7 Å². The molecule has 2 aromatic heterocycles. The van der Waals surface area contributed by atoms with Crippen molar-refractivity contribution in [1.82, 2.24) is 20.2 Å². The smallest absolute Gasteiger partial charge is 0.407 e. The summed E-state index contributed by atoms with van der Waals surface area (Å²) in [5, 5.41) is 2.66. The van der Waals surface area contributed by atoms with Gasteiger partial charge in [-0.1, -0.05) is 0 Å². The van der Waals surface area contributed by atoms with E-state index in [1.165, 1.54) is 0 Å². The van der Waals surface area contributed by atoms with Gasteiger partial charge >= 0.3 is 12.0 Å². The first kappa shape index (κ1) is 27.0. The van der Waals surface area contributed by atoms with Crippen molar-refractivity contribution in [2.45, 2.75) is 45.6 Å². The highest BCUT2D eigenvalue weighted by atomic mass is 16.6. The number of nitrogens with one attached hydrogen (secondary N) is 1. The molecule has 1 fully saturated rings. The molecular weight excluding hydrogens is 488 g/mol. The Bertz CT molecular complexity index is 1230. The van der Waals surface area contributed by atoms with E-state index in [9.17, 15) is 9.59 Å². The molecule has 38 heavy (non-hydrogen) atoms. The minimum absolute atomic E-state index is 0.0567. The molecule has 1 aromatic carbocycles. The van der Waals surface area contributed by atoms with Crippen molar-refractivity contribution in [2.24, 2.45) is 0 Å². The quantitative estimate of drug-likeness (QED) is 0.414. The summed E-state index contributed by atoms with van der Waals surface area (Å²) in [6, 6.07) is 10.8. The standard InChI is InChI=1S/C28H34N4O6/c1-28(2,3)38-27(34)29-14-17-36-21-11-8-19(9-12-21)24-23(20-10-13-22(35-4)30-18-20)31-25(37-24)26(33)32-15-6-5-7-16-32/h8-13,18H,5-7,14-17H2,1-4H3,(H,29,34). The number of amides is 2. The van der Waals surface area contributed by atoms with Crippen molar-refractivity contribution in [3.8, 4) is 34.2 Å². The lowest BCUT2D eigenvalue weighted by Crippen LogP contribution is -2.35. The highest BCUT2D eigenvalue weighted by molar-refractivity contribution is 5.92. The normalized spacial score (nSPS) is 13.6. The van der Waals surface area contributed by atoms with Gasteiger partial charge in [0.25, 0.3) is 5.89 Å². The molecule has 4 rings (SSSR count). The number of carbonyl (C=O) groups is 2. The summed E-state index contributed by atoms with van der Waals surface area (Å²) in [5.41, 5.74) is 1.41. The summed E-state index contributed by atoms with van der Waals surface area (Å²) in [6.45, 7) is 7.40. The van der Waals surface area contributed by atoms with E-state index in [-0.39, 0.29) is 18.4 Å². The average molecular weight is 523 g/mol. The molecule has 10 heteroatoms. The number of ether oxygens (including phenoxy) is 3. The van der Waals surface area contributed by atoms with Gasteiger partial charge in [0, 0.05) is 36.5 Å². The van der Waals surface area contributed by atoms with Gasteiger partial charge in [0.05, 0.1) is 13.7 Å². The first-order valence-corrected chi connectivity index (χ1v) is 12.7.